The van der Waals surface area contributed by atoms with E-state index in [-0.39, 0.29) is 11.3 Å². The molecular weight excluding hydrogens is 376 g/mol. The number of rotatable bonds is 6. The molecule has 2 N–H and O–H groups in total. The van der Waals surface area contributed by atoms with Crippen LogP contribution in [0.3, 0.4) is 0 Å². The molecular formula is C16H16F4N2O5. The van der Waals surface area contributed by atoms with Crippen molar-refractivity contribution in [3.8, 4) is 5.75 Å². The van der Waals surface area contributed by atoms with Crippen molar-refractivity contribution in [2.75, 3.05) is 20.2 Å². The molecule has 7 nitrogen and oxygen atoms in total. The van der Waals surface area contributed by atoms with E-state index in [9.17, 15) is 37.1 Å². The fourth-order valence-electron chi connectivity index (χ4n) is 2.73. The maximum atomic E-state index is 13.8. The number of halogens is 4. The van der Waals surface area contributed by atoms with Gasteiger partial charge in [0.15, 0.2) is 17.6 Å². The first-order valence-corrected chi connectivity index (χ1v) is 7.73. The van der Waals surface area contributed by atoms with Crippen LogP contribution in [-0.4, -0.2) is 54.2 Å². The van der Waals surface area contributed by atoms with E-state index in [4.69, 9.17) is 4.74 Å². The number of hydrogen-bond acceptors (Lipinski definition) is 4. The third-order valence-electron chi connectivity index (χ3n) is 4.00. The van der Waals surface area contributed by atoms with Crippen LogP contribution in [0.25, 0.3) is 0 Å². The van der Waals surface area contributed by atoms with E-state index in [1.54, 1.807) is 0 Å². The molecule has 11 heteroatoms. The lowest BCUT2D eigenvalue weighted by molar-refractivity contribution is -0.157. The highest BCUT2D eigenvalue weighted by atomic mass is 19.4. The summed E-state index contributed by atoms with van der Waals surface area (Å²) >= 11 is 0. The molecule has 1 aliphatic rings. The largest absolute Gasteiger partial charge is 0.494 e. The molecule has 0 aliphatic carbocycles. The number of carboxylic acid groups (broad SMARTS) is 1. The molecule has 1 saturated heterocycles. The minimum absolute atomic E-state index is 0.0920. The molecule has 2 amide bonds. The maximum Gasteiger partial charge on any atom is 0.406 e. The van der Waals surface area contributed by atoms with Gasteiger partial charge in [0.2, 0.25) is 11.8 Å². The molecule has 0 aromatic heterocycles. The number of carbonyl (C=O) groups is 3. The Labute approximate surface area is 150 Å². The molecule has 0 radical (unpaired) electrons. The predicted molar refractivity (Wildman–Crippen MR) is 82.2 cm³/mol. The summed E-state index contributed by atoms with van der Waals surface area (Å²) in [4.78, 5) is 35.8. The van der Waals surface area contributed by atoms with Crippen molar-refractivity contribution in [3.05, 3.63) is 29.6 Å². The summed E-state index contributed by atoms with van der Waals surface area (Å²) in [5, 5.41) is 11.4. The molecule has 1 aliphatic heterocycles. The number of benzene rings is 1. The molecule has 0 spiro atoms. The average Bonchev–Trinajstić information content (AvgIpc) is 2.91. The first-order chi connectivity index (χ1) is 12.5. The molecule has 0 saturated carbocycles. The van der Waals surface area contributed by atoms with Crippen LogP contribution in [0, 0.1) is 11.7 Å². The molecule has 1 heterocycles. The predicted octanol–water partition coefficient (Wildman–Crippen LogP) is 1.49. The number of methoxy groups -OCH3 is 1. The van der Waals surface area contributed by atoms with Gasteiger partial charge in [-0.1, -0.05) is 6.07 Å². The minimum Gasteiger partial charge on any atom is -0.494 e. The topological polar surface area (TPSA) is 95.9 Å². The zero-order valence-corrected chi connectivity index (χ0v) is 14.0. The Kier molecular flexibility index (Phi) is 5.91. The summed E-state index contributed by atoms with van der Waals surface area (Å²) in [5.41, 5.74) is -0.0920. The highest BCUT2D eigenvalue weighted by Crippen LogP contribution is 2.26. The number of carboxylic acids is 1. The van der Waals surface area contributed by atoms with Crippen LogP contribution in [0.2, 0.25) is 0 Å². The zero-order chi connectivity index (χ0) is 20.4. The van der Waals surface area contributed by atoms with Gasteiger partial charge in [-0.3, -0.25) is 9.59 Å². The second-order valence-electron chi connectivity index (χ2n) is 5.96. The van der Waals surface area contributed by atoms with E-state index in [1.807, 2.05) is 0 Å². The van der Waals surface area contributed by atoms with Crippen molar-refractivity contribution >= 4 is 17.8 Å². The van der Waals surface area contributed by atoms with E-state index in [0.29, 0.717) is 4.90 Å². The number of aliphatic carboxylic acids is 1. The van der Waals surface area contributed by atoms with Gasteiger partial charge in [0.25, 0.3) is 0 Å². The van der Waals surface area contributed by atoms with Crippen LogP contribution in [-0.2, 0) is 14.4 Å². The van der Waals surface area contributed by atoms with Crippen molar-refractivity contribution in [1.29, 1.82) is 0 Å². The standard InChI is InChI=1S/C16H16F4N2O5/c1-27-11-3-2-8(4-10(11)17)13(15(25)26)21-14(24)9-5-12(23)22(6-9)7-16(18,19)20/h2-4,9,13H,5-7H2,1H3,(H,21,24)(H,25,26). The summed E-state index contributed by atoms with van der Waals surface area (Å²) in [6.07, 6.45) is -5.07. The zero-order valence-electron chi connectivity index (χ0n) is 14.0. The van der Waals surface area contributed by atoms with E-state index < -0.39 is 61.2 Å². The Morgan fingerprint density at radius 2 is 2.07 bits per heavy atom. The Bertz CT molecular complexity index is 753. The molecule has 2 rings (SSSR count). The fourth-order valence-corrected chi connectivity index (χ4v) is 2.73. The SMILES string of the molecule is COc1ccc(C(NC(=O)C2CC(=O)N(CC(F)(F)F)C2)C(=O)O)cc1F. The third kappa shape index (κ3) is 5.08. The van der Waals surface area contributed by atoms with Crippen LogP contribution < -0.4 is 10.1 Å². The second-order valence-corrected chi connectivity index (χ2v) is 5.96. The molecule has 1 aromatic rings. The van der Waals surface area contributed by atoms with Gasteiger partial charge in [-0.15, -0.1) is 0 Å². The van der Waals surface area contributed by atoms with Gasteiger partial charge < -0.3 is 20.1 Å². The average molecular weight is 392 g/mol. The number of alkyl halides is 3. The maximum absolute atomic E-state index is 13.8. The van der Waals surface area contributed by atoms with Gasteiger partial charge in [-0.05, 0) is 17.7 Å². The molecule has 1 aromatic carbocycles. The lowest BCUT2D eigenvalue weighted by Crippen LogP contribution is -2.40. The molecule has 1 fully saturated rings. The van der Waals surface area contributed by atoms with Gasteiger partial charge in [-0.2, -0.15) is 13.2 Å². The molecule has 0 bridgehead atoms. The van der Waals surface area contributed by atoms with Gasteiger partial charge in [0.1, 0.15) is 6.54 Å². The number of likely N-dealkylation sites (tertiary alicyclic amines) is 1. The van der Waals surface area contributed by atoms with E-state index in [2.05, 4.69) is 5.32 Å². The monoisotopic (exact) mass is 392 g/mol. The lowest BCUT2D eigenvalue weighted by atomic mass is 10.0. The van der Waals surface area contributed by atoms with Crippen LogP contribution in [0.5, 0.6) is 5.75 Å². The van der Waals surface area contributed by atoms with Crippen molar-refractivity contribution in [2.45, 2.75) is 18.6 Å². The van der Waals surface area contributed by atoms with Gasteiger partial charge in [0, 0.05) is 13.0 Å². The number of carbonyl (C=O) groups excluding carboxylic acids is 2. The van der Waals surface area contributed by atoms with E-state index in [0.717, 1.165) is 6.07 Å². The molecule has 27 heavy (non-hydrogen) atoms. The first kappa shape index (κ1) is 20.5. The number of hydrogen-bond donors (Lipinski definition) is 2. The summed E-state index contributed by atoms with van der Waals surface area (Å²) in [6.45, 7) is -1.96. The second kappa shape index (κ2) is 7.80. The first-order valence-electron chi connectivity index (χ1n) is 7.73. The van der Waals surface area contributed by atoms with Crippen LogP contribution in [0.1, 0.15) is 18.0 Å². The summed E-state index contributed by atoms with van der Waals surface area (Å²) in [7, 11) is 1.22. The quantitative estimate of drug-likeness (QED) is 0.716. The van der Waals surface area contributed by atoms with E-state index in [1.165, 1.54) is 19.2 Å². The number of nitrogens with one attached hydrogen (secondary N) is 1. The Balaban J connectivity index is 2.11. The highest BCUT2D eigenvalue weighted by molar-refractivity contribution is 5.91. The number of nitrogens with zero attached hydrogens (tertiary/aromatic N) is 1. The molecule has 148 valence electrons. The smallest absolute Gasteiger partial charge is 0.406 e. The normalized spacial score (nSPS) is 18.3. The van der Waals surface area contributed by atoms with Crippen molar-refractivity contribution in [1.82, 2.24) is 10.2 Å². The van der Waals surface area contributed by atoms with Crippen LogP contribution >= 0.6 is 0 Å². The lowest BCUT2D eigenvalue weighted by Gasteiger charge is -2.20. The fraction of sp³-hybridized carbons (Fsp3) is 0.438. The van der Waals surface area contributed by atoms with Gasteiger partial charge in [0.05, 0.1) is 13.0 Å². The van der Waals surface area contributed by atoms with Crippen molar-refractivity contribution < 1.29 is 41.8 Å². The number of amides is 2. The van der Waals surface area contributed by atoms with Crippen LogP contribution in [0.15, 0.2) is 18.2 Å². The van der Waals surface area contributed by atoms with Crippen molar-refractivity contribution in [3.63, 3.8) is 0 Å². The minimum atomic E-state index is -4.61. The Hall–Kier alpha value is -2.85. The van der Waals surface area contributed by atoms with E-state index >= 15 is 0 Å². The molecule has 2 atom stereocenters. The third-order valence-corrected chi connectivity index (χ3v) is 4.00. The summed E-state index contributed by atoms with van der Waals surface area (Å²) in [6, 6.07) is 1.64. The van der Waals surface area contributed by atoms with Gasteiger partial charge >= 0.3 is 12.1 Å². The van der Waals surface area contributed by atoms with Crippen molar-refractivity contribution in [2.24, 2.45) is 5.92 Å². The Morgan fingerprint density at radius 3 is 2.59 bits per heavy atom. The summed E-state index contributed by atoms with van der Waals surface area (Å²) < 4.78 is 55.8. The summed E-state index contributed by atoms with van der Waals surface area (Å²) in [5.74, 6) is -5.36. The molecule has 2 unspecified atom stereocenters. The van der Waals surface area contributed by atoms with Gasteiger partial charge in [-0.25, -0.2) is 9.18 Å². The number of ether oxygens (including phenoxy) is 1. The Morgan fingerprint density at radius 1 is 1.41 bits per heavy atom. The highest BCUT2D eigenvalue weighted by Gasteiger charge is 2.41. The van der Waals surface area contributed by atoms with Crippen LogP contribution in [0.4, 0.5) is 17.6 Å².